The van der Waals surface area contributed by atoms with Gasteiger partial charge in [-0.15, -0.1) is 0 Å². The number of carbonyl (C=O) groups excluding carboxylic acids is 1. The van der Waals surface area contributed by atoms with Crippen molar-refractivity contribution >= 4 is 17.4 Å². The summed E-state index contributed by atoms with van der Waals surface area (Å²) in [5.41, 5.74) is 2.74. The van der Waals surface area contributed by atoms with Crippen molar-refractivity contribution in [1.29, 1.82) is 0 Å². The molecule has 6 nitrogen and oxygen atoms in total. The second kappa shape index (κ2) is 6.63. The average molecular weight is 349 g/mol. The molecule has 0 unspecified atom stereocenters. The highest BCUT2D eigenvalue weighted by Gasteiger charge is 2.28. The van der Waals surface area contributed by atoms with E-state index in [1.807, 2.05) is 35.4 Å². The molecular formula is C20H19N3O3. The van der Waals surface area contributed by atoms with Crippen molar-refractivity contribution in [3.63, 3.8) is 0 Å². The van der Waals surface area contributed by atoms with E-state index in [9.17, 15) is 9.59 Å². The summed E-state index contributed by atoms with van der Waals surface area (Å²) in [4.78, 5) is 25.8. The Morgan fingerprint density at radius 2 is 2.08 bits per heavy atom. The van der Waals surface area contributed by atoms with Gasteiger partial charge in [0.1, 0.15) is 0 Å². The molecule has 1 aromatic carbocycles. The summed E-state index contributed by atoms with van der Waals surface area (Å²) in [7, 11) is 0. The monoisotopic (exact) mass is 349 g/mol. The Balaban J connectivity index is 1.46. The highest BCUT2D eigenvalue weighted by molar-refractivity contribution is 6.00. The molecule has 0 radical (unpaired) electrons. The first-order chi connectivity index (χ1) is 12.6. The lowest BCUT2D eigenvalue weighted by molar-refractivity contribution is 0.0696. The fourth-order valence-electron chi connectivity index (χ4n) is 3.62. The highest BCUT2D eigenvalue weighted by Crippen LogP contribution is 2.24. The number of amides is 1. The van der Waals surface area contributed by atoms with Crippen LogP contribution in [0.25, 0.3) is 5.52 Å². The van der Waals surface area contributed by atoms with Gasteiger partial charge < -0.3 is 10.0 Å². The van der Waals surface area contributed by atoms with Crippen molar-refractivity contribution in [2.24, 2.45) is 5.92 Å². The summed E-state index contributed by atoms with van der Waals surface area (Å²) in [5, 5.41) is 13.4. The highest BCUT2D eigenvalue weighted by atomic mass is 16.4. The number of nitrogens with zero attached hydrogens (tertiary/aromatic N) is 3. The third-order valence-corrected chi connectivity index (χ3v) is 4.93. The lowest BCUT2D eigenvalue weighted by Crippen LogP contribution is -2.28. The van der Waals surface area contributed by atoms with Gasteiger partial charge in [-0.25, -0.2) is 9.31 Å². The van der Waals surface area contributed by atoms with Crippen LogP contribution in [0.1, 0.15) is 32.7 Å². The summed E-state index contributed by atoms with van der Waals surface area (Å²) >= 11 is 0. The number of pyridine rings is 1. The molecule has 132 valence electrons. The number of benzene rings is 1. The van der Waals surface area contributed by atoms with Gasteiger partial charge in [-0.3, -0.25) is 4.79 Å². The predicted molar refractivity (Wildman–Crippen MR) is 96.3 cm³/mol. The van der Waals surface area contributed by atoms with Crippen molar-refractivity contribution in [2.75, 3.05) is 13.1 Å². The first-order valence-electron chi connectivity index (χ1n) is 8.65. The van der Waals surface area contributed by atoms with Crippen molar-refractivity contribution in [1.82, 2.24) is 14.5 Å². The molecule has 0 bridgehead atoms. The van der Waals surface area contributed by atoms with Crippen LogP contribution in [0.3, 0.4) is 0 Å². The molecule has 2 aromatic heterocycles. The first-order valence-corrected chi connectivity index (χ1v) is 8.65. The zero-order chi connectivity index (χ0) is 18.1. The van der Waals surface area contributed by atoms with E-state index in [0.29, 0.717) is 30.1 Å². The van der Waals surface area contributed by atoms with E-state index in [4.69, 9.17) is 5.11 Å². The first kappa shape index (κ1) is 16.3. The van der Waals surface area contributed by atoms with Crippen LogP contribution >= 0.6 is 0 Å². The second-order valence-corrected chi connectivity index (χ2v) is 6.70. The van der Waals surface area contributed by atoms with Gasteiger partial charge in [0, 0.05) is 19.3 Å². The third-order valence-electron chi connectivity index (χ3n) is 4.93. The molecule has 1 amide bonds. The molecule has 1 fully saturated rings. The van der Waals surface area contributed by atoms with E-state index in [1.165, 1.54) is 0 Å². The maximum absolute atomic E-state index is 12.9. The lowest BCUT2D eigenvalue weighted by Gasteiger charge is -2.16. The van der Waals surface area contributed by atoms with E-state index in [0.717, 1.165) is 23.9 Å². The molecule has 3 aromatic rings. The van der Waals surface area contributed by atoms with Gasteiger partial charge in [0.2, 0.25) is 0 Å². The number of fused-ring (bicyclic) bond motifs is 1. The molecule has 4 rings (SSSR count). The van der Waals surface area contributed by atoms with E-state index in [-0.39, 0.29) is 5.91 Å². The number of carboxylic acids is 1. The number of carboxylic acid groups (broad SMARTS) is 1. The van der Waals surface area contributed by atoms with Gasteiger partial charge in [0.25, 0.3) is 5.91 Å². The van der Waals surface area contributed by atoms with E-state index in [1.54, 1.807) is 28.9 Å². The minimum atomic E-state index is -0.914. The Morgan fingerprint density at radius 1 is 1.19 bits per heavy atom. The molecule has 0 aliphatic carbocycles. The van der Waals surface area contributed by atoms with E-state index in [2.05, 4.69) is 5.10 Å². The zero-order valence-electron chi connectivity index (χ0n) is 14.2. The van der Waals surface area contributed by atoms with Crippen LogP contribution in [-0.2, 0) is 6.42 Å². The number of hydrogen-bond donors (Lipinski definition) is 1. The van der Waals surface area contributed by atoms with Crippen LogP contribution < -0.4 is 0 Å². The molecule has 26 heavy (non-hydrogen) atoms. The van der Waals surface area contributed by atoms with Crippen LogP contribution in [0, 0.1) is 5.92 Å². The maximum Gasteiger partial charge on any atom is 0.335 e. The quantitative estimate of drug-likeness (QED) is 0.786. The number of rotatable bonds is 4. The van der Waals surface area contributed by atoms with Gasteiger partial charge in [-0.1, -0.05) is 18.2 Å². The minimum Gasteiger partial charge on any atom is -0.478 e. The van der Waals surface area contributed by atoms with Crippen molar-refractivity contribution in [2.45, 2.75) is 12.8 Å². The maximum atomic E-state index is 12.9. The summed E-state index contributed by atoms with van der Waals surface area (Å²) in [5.74, 6) is -0.569. The fraction of sp³-hybridized carbons (Fsp3) is 0.250. The largest absolute Gasteiger partial charge is 0.478 e. The summed E-state index contributed by atoms with van der Waals surface area (Å²) in [6, 6.07) is 12.7. The Labute approximate surface area is 150 Å². The standard InChI is InChI=1S/C20H19N3O3/c24-19(17-12-21-23-8-2-1-6-18(17)23)22-9-7-15(13-22)10-14-4-3-5-16(11-14)20(25)26/h1-6,8,11-12,15H,7,9-10,13H2,(H,25,26)/t15-/m0/s1. The Kier molecular flexibility index (Phi) is 4.16. The Hall–Kier alpha value is -3.15. The van der Waals surface area contributed by atoms with E-state index >= 15 is 0 Å². The van der Waals surface area contributed by atoms with Gasteiger partial charge >= 0.3 is 5.97 Å². The lowest BCUT2D eigenvalue weighted by atomic mass is 9.97. The number of likely N-dealkylation sites (tertiary alicyclic amines) is 1. The summed E-state index contributed by atoms with van der Waals surface area (Å²) in [6.07, 6.45) is 5.15. The topological polar surface area (TPSA) is 74.9 Å². The van der Waals surface area contributed by atoms with Crippen LogP contribution in [0.5, 0.6) is 0 Å². The Bertz CT molecular complexity index is 979. The number of aromatic carboxylic acids is 1. The van der Waals surface area contributed by atoms with Gasteiger partial charge in [-0.05, 0) is 48.6 Å². The smallest absolute Gasteiger partial charge is 0.335 e. The van der Waals surface area contributed by atoms with E-state index < -0.39 is 5.97 Å². The molecule has 6 heteroatoms. The zero-order valence-corrected chi connectivity index (χ0v) is 14.2. The number of hydrogen-bond acceptors (Lipinski definition) is 3. The number of carbonyl (C=O) groups is 2. The molecular weight excluding hydrogens is 330 g/mol. The molecule has 1 aliphatic rings. The summed E-state index contributed by atoms with van der Waals surface area (Å²) in [6.45, 7) is 1.40. The fourth-order valence-corrected chi connectivity index (χ4v) is 3.62. The van der Waals surface area contributed by atoms with Crippen molar-refractivity contribution in [3.05, 3.63) is 71.5 Å². The predicted octanol–water partition coefficient (Wildman–Crippen LogP) is 2.74. The normalized spacial score (nSPS) is 16.9. The van der Waals surface area contributed by atoms with Crippen LogP contribution in [0.2, 0.25) is 0 Å². The Morgan fingerprint density at radius 3 is 2.92 bits per heavy atom. The molecule has 0 saturated carbocycles. The van der Waals surface area contributed by atoms with Crippen LogP contribution in [0.15, 0.2) is 54.9 Å². The summed E-state index contributed by atoms with van der Waals surface area (Å²) < 4.78 is 1.71. The minimum absolute atomic E-state index is 0.00740. The van der Waals surface area contributed by atoms with Gasteiger partial charge in [0.15, 0.2) is 0 Å². The van der Waals surface area contributed by atoms with Crippen molar-refractivity contribution < 1.29 is 14.7 Å². The number of aromatic nitrogens is 2. The van der Waals surface area contributed by atoms with Gasteiger partial charge in [-0.2, -0.15) is 5.10 Å². The van der Waals surface area contributed by atoms with Crippen molar-refractivity contribution in [3.8, 4) is 0 Å². The molecule has 1 N–H and O–H groups in total. The third kappa shape index (κ3) is 3.06. The van der Waals surface area contributed by atoms with Crippen LogP contribution in [-0.4, -0.2) is 44.6 Å². The average Bonchev–Trinajstić information content (AvgIpc) is 3.28. The second-order valence-electron chi connectivity index (χ2n) is 6.70. The molecule has 0 spiro atoms. The SMILES string of the molecule is O=C(O)c1cccc(C[C@@H]2CCN(C(=O)c3cnn4ccccc34)C2)c1. The molecule has 1 atom stereocenters. The van der Waals surface area contributed by atoms with Crippen LogP contribution in [0.4, 0.5) is 0 Å². The van der Waals surface area contributed by atoms with Gasteiger partial charge in [0.05, 0.1) is 22.8 Å². The molecule has 1 aliphatic heterocycles. The molecule has 1 saturated heterocycles. The molecule has 3 heterocycles.